The van der Waals surface area contributed by atoms with E-state index >= 15 is 0 Å². The molecule has 7 heteroatoms. The van der Waals surface area contributed by atoms with E-state index in [0.717, 1.165) is 42.6 Å². The number of methoxy groups -OCH3 is 1. The molecule has 0 aliphatic rings. The van der Waals surface area contributed by atoms with Crippen LogP contribution in [0, 0.1) is 17.8 Å². The van der Waals surface area contributed by atoms with Crippen LogP contribution in [-0.2, 0) is 22.6 Å². The van der Waals surface area contributed by atoms with Gasteiger partial charge in [-0.1, -0.05) is 70.5 Å². The molecule has 7 nitrogen and oxygen atoms in total. The van der Waals surface area contributed by atoms with Gasteiger partial charge in [-0.05, 0) is 60.8 Å². The number of aliphatic hydroxyl groups excluding tert-OH is 1. The molecule has 0 bridgehead atoms. The molecule has 4 atom stereocenters. The molecule has 0 unspecified atom stereocenters. The molecule has 0 radical (unpaired) electrons. The Bertz CT molecular complexity index is 969. The van der Waals surface area contributed by atoms with Gasteiger partial charge >= 0.3 is 0 Å². The molecule has 2 aromatic rings. The zero-order valence-electron chi connectivity index (χ0n) is 25.2. The molecular formula is C33H52N2O5. The van der Waals surface area contributed by atoms with E-state index in [-0.39, 0.29) is 17.7 Å². The maximum absolute atomic E-state index is 12.4. The first-order valence-electron chi connectivity index (χ1n) is 14.9. The van der Waals surface area contributed by atoms with E-state index in [1.54, 1.807) is 7.11 Å². The second-order valence-corrected chi connectivity index (χ2v) is 11.2. The molecule has 1 amide bonds. The van der Waals surface area contributed by atoms with Crippen LogP contribution in [0.15, 0.2) is 48.5 Å². The Hall–Kier alpha value is -2.61. The SMILES string of the molecule is CCCCNC(=O)[C@H](C)C[C@H](O)[C@@H](N)C[C@H](Cc1ccc(OCc2ccccc2)c(OCCCOC)c1)C(C)C. The quantitative estimate of drug-likeness (QED) is 0.186. The lowest BCUT2D eigenvalue weighted by Crippen LogP contribution is -2.41. The van der Waals surface area contributed by atoms with Gasteiger partial charge in [0.15, 0.2) is 11.5 Å². The Morgan fingerprint density at radius 1 is 0.950 bits per heavy atom. The van der Waals surface area contributed by atoms with E-state index in [2.05, 4.69) is 38.2 Å². The van der Waals surface area contributed by atoms with Gasteiger partial charge in [0.25, 0.3) is 0 Å². The van der Waals surface area contributed by atoms with Gasteiger partial charge in [-0.25, -0.2) is 0 Å². The molecule has 0 heterocycles. The second kappa shape index (κ2) is 18.7. The first-order valence-corrected chi connectivity index (χ1v) is 14.9. The molecular weight excluding hydrogens is 504 g/mol. The second-order valence-electron chi connectivity index (χ2n) is 11.2. The summed E-state index contributed by atoms with van der Waals surface area (Å²) in [4.78, 5) is 12.4. The number of amides is 1. The summed E-state index contributed by atoms with van der Waals surface area (Å²) < 4.78 is 17.4. The molecule has 0 saturated carbocycles. The number of rotatable bonds is 20. The third-order valence-corrected chi connectivity index (χ3v) is 7.38. The lowest BCUT2D eigenvalue weighted by atomic mass is 9.82. The van der Waals surface area contributed by atoms with Crippen molar-refractivity contribution < 1.29 is 24.1 Å². The Morgan fingerprint density at radius 3 is 2.38 bits per heavy atom. The minimum atomic E-state index is -0.735. The van der Waals surface area contributed by atoms with Crippen molar-refractivity contribution in [3.63, 3.8) is 0 Å². The summed E-state index contributed by atoms with van der Waals surface area (Å²) in [5, 5.41) is 13.8. The van der Waals surface area contributed by atoms with Crippen molar-refractivity contribution in [1.82, 2.24) is 5.32 Å². The van der Waals surface area contributed by atoms with E-state index in [0.29, 0.717) is 50.9 Å². The van der Waals surface area contributed by atoms with Gasteiger partial charge in [-0.3, -0.25) is 4.79 Å². The van der Waals surface area contributed by atoms with Gasteiger partial charge in [0.1, 0.15) is 6.61 Å². The number of carbonyl (C=O) groups is 1. The van der Waals surface area contributed by atoms with Crippen molar-refractivity contribution in [2.45, 2.75) is 85.0 Å². The lowest BCUT2D eigenvalue weighted by Gasteiger charge is -2.28. The average Bonchev–Trinajstić information content (AvgIpc) is 2.94. The summed E-state index contributed by atoms with van der Waals surface area (Å²) in [6.07, 6.45) is 3.87. The van der Waals surface area contributed by atoms with Crippen LogP contribution in [0.3, 0.4) is 0 Å². The summed E-state index contributed by atoms with van der Waals surface area (Å²) in [6, 6.07) is 15.8. The smallest absolute Gasteiger partial charge is 0.222 e. The van der Waals surface area contributed by atoms with Crippen molar-refractivity contribution in [2.75, 3.05) is 26.9 Å². The van der Waals surface area contributed by atoms with Gasteiger partial charge in [-0.15, -0.1) is 0 Å². The van der Waals surface area contributed by atoms with Crippen LogP contribution in [0.1, 0.15) is 70.9 Å². The predicted molar refractivity (Wildman–Crippen MR) is 162 cm³/mol. The average molecular weight is 557 g/mol. The number of nitrogens with one attached hydrogen (secondary N) is 1. The maximum Gasteiger partial charge on any atom is 0.222 e. The van der Waals surface area contributed by atoms with Crippen LogP contribution in [0.2, 0.25) is 0 Å². The highest BCUT2D eigenvalue weighted by Gasteiger charge is 2.26. The molecule has 40 heavy (non-hydrogen) atoms. The van der Waals surface area contributed by atoms with Gasteiger partial charge in [0.05, 0.1) is 12.7 Å². The molecule has 224 valence electrons. The zero-order valence-corrected chi connectivity index (χ0v) is 25.2. The molecule has 0 saturated heterocycles. The number of benzene rings is 2. The molecule has 0 aliphatic heterocycles. The van der Waals surface area contributed by atoms with Crippen LogP contribution in [0.5, 0.6) is 11.5 Å². The molecule has 0 aliphatic carbocycles. The van der Waals surface area contributed by atoms with Gasteiger partial charge in [0.2, 0.25) is 5.91 Å². The number of hydrogen-bond donors (Lipinski definition) is 3. The summed E-state index contributed by atoms with van der Waals surface area (Å²) in [5.74, 6) is 1.76. The van der Waals surface area contributed by atoms with Gasteiger partial charge < -0.3 is 30.4 Å². The highest BCUT2D eigenvalue weighted by atomic mass is 16.5. The fraction of sp³-hybridized carbons (Fsp3) is 0.606. The van der Waals surface area contributed by atoms with E-state index in [9.17, 15) is 9.90 Å². The normalized spacial score (nSPS) is 14.4. The molecule has 0 aromatic heterocycles. The molecule has 4 N–H and O–H groups in total. The highest BCUT2D eigenvalue weighted by Crippen LogP contribution is 2.32. The molecule has 0 spiro atoms. The molecule has 2 aromatic carbocycles. The van der Waals surface area contributed by atoms with E-state index in [4.69, 9.17) is 19.9 Å². The van der Waals surface area contributed by atoms with Crippen LogP contribution in [0.25, 0.3) is 0 Å². The topological polar surface area (TPSA) is 103 Å². The van der Waals surface area contributed by atoms with E-state index < -0.39 is 12.1 Å². The van der Waals surface area contributed by atoms with Crippen LogP contribution >= 0.6 is 0 Å². The van der Waals surface area contributed by atoms with Gasteiger partial charge in [0, 0.05) is 38.6 Å². The summed E-state index contributed by atoms with van der Waals surface area (Å²) in [5.41, 5.74) is 8.72. The minimum Gasteiger partial charge on any atom is -0.490 e. The monoisotopic (exact) mass is 556 g/mol. The predicted octanol–water partition coefficient (Wildman–Crippen LogP) is 5.52. The number of unbranched alkanes of at least 4 members (excludes halogenated alkanes) is 1. The summed E-state index contributed by atoms with van der Waals surface area (Å²) in [6.45, 7) is 10.6. The van der Waals surface area contributed by atoms with Crippen molar-refractivity contribution in [2.24, 2.45) is 23.5 Å². The zero-order chi connectivity index (χ0) is 29.3. The summed E-state index contributed by atoms with van der Waals surface area (Å²) >= 11 is 0. The van der Waals surface area contributed by atoms with Gasteiger partial charge in [-0.2, -0.15) is 0 Å². The third-order valence-electron chi connectivity index (χ3n) is 7.38. The van der Waals surface area contributed by atoms with Crippen molar-refractivity contribution in [3.05, 3.63) is 59.7 Å². The van der Waals surface area contributed by atoms with Crippen LogP contribution in [-0.4, -0.2) is 50.0 Å². The molecule has 0 fully saturated rings. The fourth-order valence-corrected chi connectivity index (χ4v) is 4.64. The number of nitrogens with two attached hydrogens (primary N) is 1. The Morgan fingerprint density at radius 2 is 1.70 bits per heavy atom. The molecule has 2 rings (SSSR count). The number of carbonyl (C=O) groups excluding carboxylic acids is 1. The van der Waals surface area contributed by atoms with Crippen molar-refractivity contribution >= 4 is 5.91 Å². The number of hydrogen-bond acceptors (Lipinski definition) is 6. The minimum absolute atomic E-state index is 0.0206. The number of ether oxygens (including phenoxy) is 3. The van der Waals surface area contributed by atoms with Crippen LogP contribution in [0.4, 0.5) is 0 Å². The Labute approximate surface area is 241 Å². The Kier molecular flexibility index (Phi) is 15.7. The Balaban J connectivity index is 2.04. The van der Waals surface area contributed by atoms with Crippen molar-refractivity contribution in [1.29, 1.82) is 0 Å². The summed E-state index contributed by atoms with van der Waals surface area (Å²) in [7, 11) is 1.69. The van der Waals surface area contributed by atoms with Crippen molar-refractivity contribution in [3.8, 4) is 11.5 Å². The largest absolute Gasteiger partial charge is 0.490 e. The fourth-order valence-electron chi connectivity index (χ4n) is 4.64. The number of aliphatic hydroxyl groups is 1. The maximum atomic E-state index is 12.4. The van der Waals surface area contributed by atoms with E-state index in [1.807, 2.05) is 43.3 Å². The standard InChI is InChI=1S/C33H52N2O5/c1-6-7-16-35-33(37)25(4)19-30(36)29(34)22-28(24(2)3)20-27-14-15-31(32(21-27)39-18-11-17-38-5)40-23-26-12-9-8-10-13-26/h8-10,12-15,21,24-25,28-30,36H,6-7,11,16-20,22-23,34H2,1-5H3,(H,35,37)/t25-,28+,29+,30+/m1/s1. The first-order chi connectivity index (χ1) is 19.2. The van der Waals surface area contributed by atoms with E-state index in [1.165, 1.54) is 0 Å². The van der Waals surface area contributed by atoms with Crippen LogP contribution < -0.4 is 20.5 Å². The first kappa shape index (κ1) is 33.6. The lowest BCUT2D eigenvalue weighted by molar-refractivity contribution is -0.125. The third kappa shape index (κ3) is 12.3. The highest BCUT2D eigenvalue weighted by molar-refractivity contribution is 5.78.